The minimum absolute atomic E-state index is 0.0507. The summed E-state index contributed by atoms with van der Waals surface area (Å²) < 4.78 is 12.6. The number of amides is 1. The SMILES string of the molecule is CCC(=O)N1CC(F)=C[C@H]1C#N. The Hall–Kier alpha value is -1.37. The van der Waals surface area contributed by atoms with Crippen molar-refractivity contribution in [2.75, 3.05) is 6.54 Å². The Morgan fingerprint density at radius 2 is 2.67 bits per heavy atom. The zero-order valence-electron chi connectivity index (χ0n) is 6.75. The largest absolute Gasteiger partial charge is 0.316 e. The second-order valence-corrected chi connectivity index (χ2v) is 2.56. The molecule has 4 heteroatoms. The van der Waals surface area contributed by atoms with Gasteiger partial charge < -0.3 is 4.90 Å². The zero-order chi connectivity index (χ0) is 9.14. The highest BCUT2D eigenvalue weighted by molar-refractivity contribution is 5.77. The van der Waals surface area contributed by atoms with Crippen LogP contribution in [-0.2, 0) is 4.79 Å². The Morgan fingerprint density at radius 3 is 3.17 bits per heavy atom. The minimum atomic E-state index is -0.711. The van der Waals surface area contributed by atoms with Crippen molar-refractivity contribution in [3.8, 4) is 6.07 Å². The molecule has 1 rings (SSSR count). The predicted octanol–water partition coefficient (Wildman–Crippen LogP) is 0.984. The summed E-state index contributed by atoms with van der Waals surface area (Å²) in [6.07, 6.45) is 1.48. The third kappa shape index (κ3) is 1.45. The van der Waals surface area contributed by atoms with Crippen LogP contribution in [0.4, 0.5) is 4.39 Å². The molecule has 0 bridgehead atoms. The maximum atomic E-state index is 12.6. The molecular formula is C8H9FN2O. The van der Waals surface area contributed by atoms with E-state index >= 15 is 0 Å². The van der Waals surface area contributed by atoms with Crippen molar-refractivity contribution in [1.82, 2.24) is 4.90 Å². The molecule has 0 saturated heterocycles. The first-order valence-corrected chi connectivity index (χ1v) is 3.74. The summed E-state index contributed by atoms with van der Waals surface area (Å²) in [6.45, 7) is 1.64. The van der Waals surface area contributed by atoms with Crippen molar-refractivity contribution in [2.45, 2.75) is 19.4 Å². The molecule has 64 valence electrons. The third-order valence-electron chi connectivity index (χ3n) is 1.75. The van der Waals surface area contributed by atoms with Gasteiger partial charge in [-0.1, -0.05) is 6.92 Å². The van der Waals surface area contributed by atoms with E-state index in [0.29, 0.717) is 6.42 Å². The Labute approximate surface area is 70.1 Å². The van der Waals surface area contributed by atoms with Crippen LogP contribution < -0.4 is 0 Å². The van der Waals surface area contributed by atoms with Gasteiger partial charge in [-0.3, -0.25) is 4.79 Å². The quantitative estimate of drug-likeness (QED) is 0.585. The Bertz CT molecular complexity index is 267. The van der Waals surface area contributed by atoms with E-state index in [1.54, 1.807) is 6.92 Å². The molecule has 0 aromatic heterocycles. The molecule has 0 spiro atoms. The predicted molar refractivity (Wildman–Crippen MR) is 40.6 cm³/mol. The monoisotopic (exact) mass is 168 g/mol. The minimum Gasteiger partial charge on any atom is -0.316 e. The van der Waals surface area contributed by atoms with Gasteiger partial charge in [0.25, 0.3) is 0 Å². The molecule has 0 fully saturated rings. The van der Waals surface area contributed by atoms with Gasteiger partial charge in [0.2, 0.25) is 5.91 Å². The van der Waals surface area contributed by atoms with E-state index in [-0.39, 0.29) is 12.5 Å². The molecule has 3 nitrogen and oxygen atoms in total. The third-order valence-corrected chi connectivity index (χ3v) is 1.75. The van der Waals surface area contributed by atoms with Gasteiger partial charge in [-0.15, -0.1) is 0 Å². The number of halogens is 1. The number of nitrogens with zero attached hydrogens (tertiary/aromatic N) is 2. The summed E-state index contributed by atoms with van der Waals surface area (Å²) in [7, 11) is 0. The maximum absolute atomic E-state index is 12.6. The molecule has 0 aliphatic carbocycles. The van der Waals surface area contributed by atoms with Gasteiger partial charge in [0.1, 0.15) is 11.9 Å². The standard InChI is InChI=1S/C8H9FN2O/c1-2-8(12)11-5-6(9)3-7(11)4-10/h3,7H,2,5H2,1H3/t7-/m0/s1. The van der Waals surface area contributed by atoms with Gasteiger partial charge in [0, 0.05) is 6.42 Å². The zero-order valence-corrected chi connectivity index (χ0v) is 6.75. The molecule has 0 aromatic rings. The Balaban J connectivity index is 2.72. The van der Waals surface area contributed by atoms with E-state index in [9.17, 15) is 9.18 Å². The van der Waals surface area contributed by atoms with Gasteiger partial charge in [-0.2, -0.15) is 5.26 Å². The van der Waals surface area contributed by atoms with E-state index in [0.717, 1.165) is 0 Å². The lowest BCUT2D eigenvalue weighted by atomic mass is 10.3. The molecule has 1 atom stereocenters. The van der Waals surface area contributed by atoms with Crippen LogP contribution in [0.2, 0.25) is 0 Å². The lowest BCUT2D eigenvalue weighted by Gasteiger charge is -2.17. The van der Waals surface area contributed by atoms with E-state index in [1.165, 1.54) is 11.0 Å². The van der Waals surface area contributed by atoms with Crippen molar-refractivity contribution < 1.29 is 9.18 Å². The molecule has 0 radical (unpaired) electrons. The average Bonchev–Trinajstić information content (AvgIpc) is 2.45. The van der Waals surface area contributed by atoms with E-state index < -0.39 is 11.9 Å². The summed E-state index contributed by atoms with van der Waals surface area (Å²) in [6, 6.07) is 1.14. The molecule has 0 unspecified atom stereocenters. The fraction of sp³-hybridized carbons (Fsp3) is 0.500. The summed E-state index contributed by atoms with van der Waals surface area (Å²) in [4.78, 5) is 12.3. The van der Waals surface area contributed by atoms with Crippen molar-refractivity contribution in [2.24, 2.45) is 0 Å². The topological polar surface area (TPSA) is 44.1 Å². The smallest absolute Gasteiger partial charge is 0.223 e. The summed E-state index contributed by atoms with van der Waals surface area (Å²) in [5.41, 5.74) is 0. The summed E-state index contributed by atoms with van der Waals surface area (Å²) >= 11 is 0. The van der Waals surface area contributed by atoms with Gasteiger partial charge in [-0.05, 0) is 6.08 Å². The van der Waals surface area contributed by atoms with Gasteiger partial charge in [-0.25, -0.2) is 4.39 Å². The molecule has 12 heavy (non-hydrogen) atoms. The van der Waals surface area contributed by atoms with Gasteiger partial charge in [0.05, 0.1) is 12.6 Å². The number of rotatable bonds is 1. The second kappa shape index (κ2) is 3.35. The van der Waals surface area contributed by atoms with Crippen LogP contribution in [0, 0.1) is 11.3 Å². The van der Waals surface area contributed by atoms with Crippen molar-refractivity contribution >= 4 is 5.91 Å². The highest BCUT2D eigenvalue weighted by Gasteiger charge is 2.27. The summed E-state index contributed by atoms with van der Waals surface area (Å²) in [5.74, 6) is -0.589. The average molecular weight is 168 g/mol. The van der Waals surface area contributed by atoms with Crippen LogP contribution in [0.15, 0.2) is 11.9 Å². The van der Waals surface area contributed by atoms with Crippen LogP contribution >= 0.6 is 0 Å². The molecule has 1 aliphatic heterocycles. The number of hydrogen-bond acceptors (Lipinski definition) is 2. The van der Waals surface area contributed by atoms with Gasteiger partial charge >= 0.3 is 0 Å². The number of hydrogen-bond donors (Lipinski definition) is 0. The molecule has 0 saturated carbocycles. The Morgan fingerprint density at radius 1 is 2.00 bits per heavy atom. The molecule has 0 aromatic carbocycles. The van der Waals surface area contributed by atoms with E-state index in [2.05, 4.69) is 0 Å². The van der Waals surface area contributed by atoms with E-state index in [4.69, 9.17) is 5.26 Å². The molecule has 0 N–H and O–H groups in total. The van der Waals surface area contributed by atoms with E-state index in [1.807, 2.05) is 6.07 Å². The number of carbonyl (C=O) groups is 1. The Kier molecular flexibility index (Phi) is 2.44. The molecule has 1 aliphatic rings. The fourth-order valence-corrected chi connectivity index (χ4v) is 1.13. The highest BCUT2D eigenvalue weighted by Crippen LogP contribution is 2.17. The lowest BCUT2D eigenvalue weighted by molar-refractivity contribution is -0.130. The summed E-state index contributed by atoms with van der Waals surface area (Å²) in [5, 5.41) is 8.54. The van der Waals surface area contributed by atoms with Crippen molar-refractivity contribution in [3.63, 3.8) is 0 Å². The van der Waals surface area contributed by atoms with Crippen molar-refractivity contribution in [1.29, 1.82) is 5.26 Å². The van der Waals surface area contributed by atoms with Crippen LogP contribution in [0.1, 0.15) is 13.3 Å². The van der Waals surface area contributed by atoms with Gasteiger partial charge in [0.15, 0.2) is 0 Å². The number of nitriles is 1. The van der Waals surface area contributed by atoms with Crippen LogP contribution in [0.25, 0.3) is 0 Å². The fourth-order valence-electron chi connectivity index (χ4n) is 1.13. The first-order chi connectivity index (χ1) is 5.69. The van der Waals surface area contributed by atoms with Crippen LogP contribution in [-0.4, -0.2) is 23.4 Å². The normalized spacial score (nSPS) is 21.9. The van der Waals surface area contributed by atoms with Crippen LogP contribution in [0.5, 0.6) is 0 Å². The first-order valence-electron chi connectivity index (χ1n) is 3.74. The first kappa shape index (κ1) is 8.72. The van der Waals surface area contributed by atoms with Crippen LogP contribution in [0.3, 0.4) is 0 Å². The lowest BCUT2D eigenvalue weighted by Crippen LogP contribution is -2.34. The molecule has 1 amide bonds. The second-order valence-electron chi connectivity index (χ2n) is 2.56. The molecular weight excluding hydrogens is 159 g/mol. The maximum Gasteiger partial charge on any atom is 0.223 e. The van der Waals surface area contributed by atoms with Crippen molar-refractivity contribution in [3.05, 3.63) is 11.9 Å². The highest BCUT2D eigenvalue weighted by atomic mass is 19.1. The molecule has 1 heterocycles. The number of carbonyl (C=O) groups excluding carboxylic acids is 1.